The fraction of sp³-hybridized carbons (Fsp3) is 0.267. The summed E-state index contributed by atoms with van der Waals surface area (Å²) in [7, 11) is 2.86. The highest BCUT2D eigenvalue weighted by Gasteiger charge is 2.35. The first-order chi connectivity index (χ1) is 11.3. The largest absolute Gasteiger partial charge is 0.496 e. The van der Waals surface area contributed by atoms with Gasteiger partial charge in [0.05, 0.1) is 37.6 Å². The number of hydrogen-bond acceptors (Lipinski definition) is 5. The van der Waals surface area contributed by atoms with Crippen molar-refractivity contribution < 1.29 is 27.4 Å². The van der Waals surface area contributed by atoms with Crippen molar-refractivity contribution in [3.8, 4) is 11.6 Å². The molecule has 2 aromatic heterocycles. The second kappa shape index (κ2) is 7.16. The predicted octanol–water partition coefficient (Wildman–Crippen LogP) is 2.44. The molecule has 0 aliphatic rings. The van der Waals surface area contributed by atoms with E-state index in [-0.39, 0.29) is 12.4 Å². The lowest BCUT2D eigenvalue weighted by atomic mass is 10.1. The molecule has 2 heterocycles. The molecule has 2 aromatic rings. The molecule has 1 amide bonds. The van der Waals surface area contributed by atoms with Gasteiger partial charge in [0.15, 0.2) is 0 Å². The summed E-state index contributed by atoms with van der Waals surface area (Å²) in [6.45, 7) is -0.0986. The minimum atomic E-state index is -4.65. The highest BCUT2D eigenvalue weighted by atomic mass is 19.4. The standard InChI is InChI=1S/C15H14F3N3O3/c1-23-10-5-9(21-13(6-10)24-2)7-20-14(22)11-8-19-4-3-12(11)15(16,17)18/h3-6,8H,7H2,1-2H3,(H,20,22). The van der Waals surface area contributed by atoms with Crippen molar-refractivity contribution >= 4 is 5.91 Å². The first kappa shape index (κ1) is 17.5. The van der Waals surface area contributed by atoms with Crippen molar-refractivity contribution in [2.75, 3.05) is 14.2 Å². The number of hydrogen-bond donors (Lipinski definition) is 1. The number of pyridine rings is 2. The molecule has 0 aliphatic carbocycles. The Balaban J connectivity index is 2.17. The molecule has 0 spiro atoms. The van der Waals surface area contributed by atoms with Crippen molar-refractivity contribution in [2.45, 2.75) is 12.7 Å². The Hall–Kier alpha value is -2.84. The summed E-state index contributed by atoms with van der Waals surface area (Å²) in [5.41, 5.74) is -1.23. The van der Waals surface area contributed by atoms with Crippen LogP contribution < -0.4 is 14.8 Å². The maximum atomic E-state index is 12.9. The lowest BCUT2D eigenvalue weighted by molar-refractivity contribution is -0.138. The van der Waals surface area contributed by atoms with E-state index in [9.17, 15) is 18.0 Å². The number of methoxy groups -OCH3 is 2. The zero-order valence-corrected chi connectivity index (χ0v) is 12.8. The van der Waals surface area contributed by atoms with E-state index in [2.05, 4.69) is 15.3 Å². The van der Waals surface area contributed by atoms with Gasteiger partial charge < -0.3 is 14.8 Å². The number of carbonyl (C=O) groups is 1. The van der Waals surface area contributed by atoms with Crippen LogP contribution in [0.15, 0.2) is 30.6 Å². The molecule has 9 heteroatoms. The third kappa shape index (κ3) is 4.12. The second-order valence-electron chi connectivity index (χ2n) is 4.64. The SMILES string of the molecule is COc1cc(CNC(=O)c2cnccc2C(F)(F)F)nc(OC)c1. The molecule has 0 atom stereocenters. The lowest BCUT2D eigenvalue weighted by Gasteiger charge is -2.12. The van der Waals surface area contributed by atoms with E-state index in [0.29, 0.717) is 11.4 Å². The third-order valence-corrected chi connectivity index (χ3v) is 3.07. The van der Waals surface area contributed by atoms with Crippen molar-refractivity contribution in [3.63, 3.8) is 0 Å². The highest BCUT2D eigenvalue weighted by Crippen LogP contribution is 2.31. The Kier molecular flexibility index (Phi) is 5.22. The first-order valence-electron chi connectivity index (χ1n) is 6.73. The molecule has 1 N–H and O–H groups in total. The number of alkyl halides is 3. The molecule has 0 aliphatic heterocycles. The minimum absolute atomic E-state index is 0.0986. The zero-order chi connectivity index (χ0) is 17.7. The van der Waals surface area contributed by atoms with Crippen LogP contribution in [0.2, 0.25) is 0 Å². The van der Waals surface area contributed by atoms with Gasteiger partial charge in [-0.05, 0) is 6.07 Å². The predicted molar refractivity (Wildman–Crippen MR) is 77.8 cm³/mol. The van der Waals surface area contributed by atoms with Crippen molar-refractivity contribution in [1.29, 1.82) is 0 Å². The second-order valence-corrected chi connectivity index (χ2v) is 4.64. The number of halogens is 3. The molecule has 2 rings (SSSR count). The average Bonchev–Trinajstić information content (AvgIpc) is 2.58. The fourth-order valence-corrected chi connectivity index (χ4v) is 1.94. The van der Waals surface area contributed by atoms with Crippen LogP contribution in [0.3, 0.4) is 0 Å². The van der Waals surface area contributed by atoms with Gasteiger partial charge in [-0.3, -0.25) is 9.78 Å². The molecule has 6 nitrogen and oxygen atoms in total. The lowest BCUT2D eigenvalue weighted by Crippen LogP contribution is -2.26. The summed E-state index contributed by atoms with van der Waals surface area (Å²) in [5.74, 6) is -0.196. The van der Waals surface area contributed by atoms with Crippen molar-refractivity contribution in [3.05, 3.63) is 47.4 Å². The van der Waals surface area contributed by atoms with E-state index in [1.54, 1.807) is 0 Å². The van der Waals surface area contributed by atoms with Gasteiger partial charge in [0.2, 0.25) is 5.88 Å². The van der Waals surface area contributed by atoms with Crippen LogP contribution in [-0.2, 0) is 12.7 Å². The van der Waals surface area contributed by atoms with E-state index in [4.69, 9.17) is 9.47 Å². The molecule has 0 saturated carbocycles. The maximum Gasteiger partial charge on any atom is 0.417 e. The number of carbonyl (C=O) groups excluding carboxylic acids is 1. The Morgan fingerprint density at radius 2 is 2.00 bits per heavy atom. The molecule has 0 bridgehead atoms. The van der Waals surface area contributed by atoms with E-state index in [0.717, 1.165) is 18.5 Å². The number of aromatic nitrogens is 2. The van der Waals surface area contributed by atoms with Gasteiger partial charge in [0.1, 0.15) is 5.75 Å². The number of amides is 1. The molecule has 0 aromatic carbocycles. The van der Waals surface area contributed by atoms with Crippen LogP contribution in [-0.4, -0.2) is 30.1 Å². The summed E-state index contributed by atoms with van der Waals surface area (Å²) in [4.78, 5) is 19.7. The quantitative estimate of drug-likeness (QED) is 0.904. The normalized spacial score (nSPS) is 11.0. The van der Waals surface area contributed by atoms with Crippen LogP contribution in [0.4, 0.5) is 13.2 Å². The minimum Gasteiger partial charge on any atom is -0.496 e. The molecular formula is C15H14F3N3O3. The summed E-state index contributed by atoms with van der Waals surface area (Å²) in [6, 6.07) is 3.83. The fourth-order valence-electron chi connectivity index (χ4n) is 1.94. The van der Waals surface area contributed by atoms with Crippen LogP contribution in [0.1, 0.15) is 21.6 Å². The van der Waals surface area contributed by atoms with Gasteiger partial charge >= 0.3 is 6.18 Å². The third-order valence-electron chi connectivity index (χ3n) is 3.07. The van der Waals surface area contributed by atoms with Crippen molar-refractivity contribution in [1.82, 2.24) is 15.3 Å². The van der Waals surface area contributed by atoms with Gasteiger partial charge in [0.25, 0.3) is 5.91 Å². The van der Waals surface area contributed by atoms with Crippen LogP contribution >= 0.6 is 0 Å². The Bertz CT molecular complexity index is 713. The van der Waals surface area contributed by atoms with Gasteiger partial charge in [-0.1, -0.05) is 0 Å². The van der Waals surface area contributed by atoms with Crippen molar-refractivity contribution in [2.24, 2.45) is 0 Å². The van der Waals surface area contributed by atoms with E-state index < -0.39 is 23.2 Å². The van der Waals surface area contributed by atoms with Gasteiger partial charge in [-0.15, -0.1) is 0 Å². The van der Waals surface area contributed by atoms with Gasteiger partial charge in [0, 0.05) is 24.5 Å². The summed E-state index contributed by atoms with van der Waals surface area (Å²) in [5, 5.41) is 2.38. The molecular weight excluding hydrogens is 327 g/mol. The first-order valence-corrected chi connectivity index (χ1v) is 6.73. The zero-order valence-electron chi connectivity index (χ0n) is 12.8. The molecule has 128 valence electrons. The highest BCUT2D eigenvalue weighted by molar-refractivity contribution is 5.95. The topological polar surface area (TPSA) is 73.3 Å². The Labute approximate surface area is 135 Å². The summed E-state index contributed by atoms with van der Waals surface area (Å²) >= 11 is 0. The molecule has 0 radical (unpaired) electrons. The molecule has 24 heavy (non-hydrogen) atoms. The number of nitrogens with one attached hydrogen (secondary N) is 1. The Morgan fingerprint density at radius 1 is 1.25 bits per heavy atom. The number of ether oxygens (including phenoxy) is 2. The van der Waals surface area contributed by atoms with E-state index in [1.165, 1.54) is 26.4 Å². The molecule has 0 saturated heterocycles. The van der Waals surface area contributed by atoms with Crippen LogP contribution in [0.25, 0.3) is 0 Å². The number of nitrogens with zero attached hydrogens (tertiary/aromatic N) is 2. The smallest absolute Gasteiger partial charge is 0.417 e. The van der Waals surface area contributed by atoms with Crippen LogP contribution in [0.5, 0.6) is 11.6 Å². The molecule has 0 unspecified atom stereocenters. The average molecular weight is 341 g/mol. The van der Waals surface area contributed by atoms with E-state index >= 15 is 0 Å². The maximum absolute atomic E-state index is 12.9. The molecule has 0 fully saturated rings. The monoisotopic (exact) mass is 341 g/mol. The van der Waals surface area contributed by atoms with Gasteiger partial charge in [-0.25, -0.2) is 4.98 Å². The van der Waals surface area contributed by atoms with Crippen LogP contribution in [0, 0.1) is 0 Å². The van der Waals surface area contributed by atoms with Gasteiger partial charge in [-0.2, -0.15) is 13.2 Å². The summed E-state index contributed by atoms with van der Waals surface area (Å²) < 4.78 is 48.8. The Morgan fingerprint density at radius 3 is 2.62 bits per heavy atom. The summed E-state index contributed by atoms with van der Waals surface area (Å²) in [6.07, 6.45) is -2.79. The number of rotatable bonds is 5. The van der Waals surface area contributed by atoms with E-state index in [1.807, 2.05) is 0 Å².